The first-order valence-corrected chi connectivity index (χ1v) is 10.5. The van der Waals surface area contributed by atoms with Crippen LogP contribution in [-0.2, 0) is 9.84 Å². The zero-order valence-electron chi connectivity index (χ0n) is 14.7. The van der Waals surface area contributed by atoms with Crippen LogP contribution in [0.1, 0.15) is 0 Å². The van der Waals surface area contributed by atoms with Crippen molar-refractivity contribution in [3.63, 3.8) is 0 Å². The minimum atomic E-state index is -3.58. The highest BCUT2D eigenvalue weighted by molar-refractivity contribution is 7.92. The first-order valence-electron chi connectivity index (χ1n) is 9.00. The first kappa shape index (κ1) is 15.6. The van der Waals surface area contributed by atoms with E-state index in [9.17, 15) is 8.42 Å². The van der Waals surface area contributed by atoms with E-state index in [-0.39, 0.29) is 0 Å². The smallest absolute Gasteiger partial charge is 0.210 e. The van der Waals surface area contributed by atoms with Crippen molar-refractivity contribution in [3.05, 3.63) is 84.9 Å². The Morgan fingerprint density at radius 3 is 2.36 bits per heavy atom. The van der Waals surface area contributed by atoms with E-state index >= 15 is 0 Å². The monoisotopic (exact) mass is 382 g/mol. The second-order valence-electron chi connectivity index (χ2n) is 6.89. The van der Waals surface area contributed by atoms with Gasteiger partial charge in [0.05, 0.1) is 26.5 Å². The molecule has 0 aliphatic carbocycles. The molecule has 5 aromatic rings. The molecule has 134 valence electrons. The number of nitrogens with zero attached hydrogens (tertiary/aromatic N) is 2. The predicted molar refractivity (Wildman–Crippen MR) is 109 cm³/mol. The topological polar surface area (TPSA) is 52.0 Å². The van der Waals surface area contributed by atoms with Gasteiger partial charge in [-0.05, 0) is 35.0 Å². The van der Waals surface area contributed by atoms with Crippen LogP contribution >= 0.6 is 0 Å². The second kappa shape index (κ2) is 5.30. The van der Waals surface area contributed by atoms with Gasteiger partial charge in [-0.2, -0.15) is 0 Å². The number of hydrogen-bond donors (Lipinski definition) is 0. The van der Waals surface area contributed by atoms with Crippen LogP contribution in [0.15, 0.2) is 94.7 Å². The molecule has 0 fully saturated rings. The molecule has 6 rings (SSSR count). The molecule has 0 saturated heterocycles. The molecule has 0 N–H and O–H groups in total. The number of rotatable bonds is 1. The number of benzene rings is 4. The Hall–Kier alpha value is -3.44. The summed E-state index contributed by atoms with van der Waals surface area (Å²) in [4.78, 5) is 5.49. The fourth-order valence-corrected chi connectivity index (χ4v) is 5.77. The summed E-state index contributed by atoms with van der Waals surface area (Å²) >= 11 is 0. The van der Waals surface area contributed by atoms with Gasteiger partial charge in [0.2, 0.25) is 9.84 Å². The van der Waals surface area contributed by atoms with Crippen molar-refractivity contribution in [2.75, 3.05) is 0 Å². The highest BCUT2D eigenvalue weighted by atomic mass is 32.2. The number of para-hydroxylation sites is 2. The fourth-order valence-electron chi connectivity index (χ4n) is 4.14. The van der Waals surface area contributed by atoms with E-state index in [1.54, 1.807) is 24.3 Å². The summed E-state index contributed by atoms with van der Waals surface area (Å²) in [5.41, 5.74) is 2.95. The summed E-state index contributed by atoms with van der Waals surface area (Å²) in [6.45, 7) is 0. The number of aromatic nitrogens is 2. The molecule has 2 heterocycles. The van der Waals surface area contributed by atoms with Crippen LogP contribution in [0.5, 0.6) is 0 Å². The summed E-state index contributed by atoms with van der Waals surface area (Å²) < 4.78 is 28.4. The number of sulfone groups is 1. The van der Waals surface area contributed by atoms with Gasteiger partial charge >= 0.3 is 0 Å². The maximum atomic E-state index is 13.2. The van der Waals surface area contributed by atoms with Gasteiger partial charge in [-0.1, -0.05) is 60.7 Å². The van der Waals surface area contributed by atoms with Gasteiger partial charge in [0.1, 0.15) is 5.82 Å². The summed E-state index contributed by atoms with van der Waals surface area (Å²) in [5.74, 6) is 0.751. The van der Waals surface area contributed by atoms with Crippen LogP contribution in [0.4, 0.5) is 0 Å². The van der Waals surface area contributed by atoms with Crippen LogP contribution in [0, 0.1) is 0 Å². The minimum absolute atomic E-state index is 0.308. The molecule has 5 heteroatoms. The number of imidazole rings is 1. The van der Waals surface area contributed by atoms with Crippen molar-refractivity contribution in [2.45, 2.75) is 9.79 Å². The third-order valence-corrected chi connectivity index (χ3v) is 7.19. The zero-order valence-corrected chi connectivity index (χ0v) is 15.5. The quantitative estimate of drug-likeness (QED) is 0.402. The molecular weight excluding hydrogens is 368 g/mol. The van der Waals surface area contributed by atoms with Crippen LogP contribution in [0.2, 0.25) is 0 Å². The van der Waals surface area contributed by atoms with Crippen LogP contribution in [-0.4, -0.2) is 18.0 Å². The van der Waals surface area contributed by atoms with Crippen molar-refractivity contribution in [2.24, 2.45) is 0 Å². The number of fused-ring (bicyclic) bond motifs is 3. The van der Waals surface area contributed by atoms with E-state index in [0.29, 0.717) is 26.5 Å². The van der Waals surface area contributed by atoms with E-state index in [1.165, 1.54) is 0 Å². The van der Waals surface area contributed by atoms with E-state index in [1.807, 2.05) is 47.0 Å². The first-order chi connectivity index (χ1) is 13.7. The van der Waals surface area contributed by atoms with Gasteiger partial charge in [0, 0.05) is 5.56 Å². The van der Waals surface area contributed by atoms with Gasteiger partial charge in [-0.15, -0.1) is 0 Å². The standard InChI is InChI=1S/C23H14N2O2S/c26-28(27)20-13-4-3-12-19(20)25-22-18(11-6-14-21(22)28)24-23(25)17-10-5-8-15-7-1-2-9-16(15)17/h1-14H. The van der Waals surface area contributed by atoms with Crippen LogP contribution in [0.3, 0.4) is 0 Å². The molecule has 0 amide bonds. The van der Waals surface area contributed by atoms with E-state index in [0.717, 1.165) is 22.2 Å². The lowest BCUT2D eigenvalue weighted by molar-refractivity contribution is 0.594. The van der Waals surface area contributed by atoms with E-state index in [2.05, 4.69) is 18.2 Å². The molecule has 0 radical (unpaired) electrons. The molecule has 1 aliphatic heterocycles. The Bertz CT molecular complexity index is 1530. The lowest BCUT2D eigenvalue weighted by Crippen LogP contribution is -2.14. The summed E-state index contributed by atoms with van der Waals surface area (Å²) in [6, 6.07) is 26.7. The average Bonchev–Trinajstić information content (AvgIpc) is 3.12. The summed E-state index contributed by atoms with van der Waals surface area (Å²) in [6.07, 6.45) is 0. The lowest BCUT2D eigenvalue weighted by atomic mass is 10.0. The van der Waals surface area contributed by atoms with E-state index < -0.39 is 9.84 Å². The van der Waals surface area contributed by atoms with Gasteiger partial charge in [-0.3, -0.25) is 4.57 Å². The second-order valence-corrected chi connectivity index (χ2v) is 8.78. The molecule has 1 aliphatic rings. The normalized spacial score (nSPS) is 14.3. The Morgan fingerprint density at radius 2 is 1.43 bits per heavy atom. The Labute approximate surface area is 161 Å². The predicted octanol–water partition coefficient (Wildman–Crippen LogP) is 4.99. The summed E-state index contributed by atoms with van der Waals surface area (Å²) in [5, 5.41) is 2.21. The Morgan fingerprint density at radius 1 is 0.714 bits per heavy atom. The van der Waals surface area contributed by atoms with Gasteiger partial charge in [-0.25, -0.2) is 13.4 Å². The SMILES string of the molecule is O=S1(=O)c2ccccc2-n2c(-c3cccc4ccccc34)nc3cccc1c32. The molecular formula is C23H14N2O2S. The average molecular weight is 382 g/mol. The van der Waals surface area contributed by atoms with Crippen molar-refractivity contribution in [3.8, 4) is 17.1 Å². The maximum Gasteiger partial charge on any atom is 0.210 e. The highest BCUT2D eigenvalue weighted by Crippen LogP contribution is 2.42. The van der Waals surface area contributed by atoms with Crippen molar-refractivity contribution < 1.29 is 8.42 Å². The van der Waals surface area contributed by atoms with Crippen molar-refractivity contribution >= 4 is 31.6 Å². The Balaban J connectivity index is 1.84. The third-order valence-electron chi connectivity index (χ3n) is 5.36. The zero-order chi connectivity index (χ0) is 18.9. The van der Waals surface area contributed by atoms with Gasteiger partial charge < -0.3 is 0 Å². The highest BCUT2D eigenvalue weighted by Gasteiger charge is 2.33. The molecule has 0 spiro atoms. The fraction of sp³-hybridized carbons (Fsp3) is 0. The van der Waals surface area contributed by atoms with Gasteiger partial charge in [0.15, 0.2) is 0 Å². The molecule has 28 heavy (non-hydrogen) atoms. The van der Waals surface area contributed by atoms with Crippen LogP contribution < -0.4 is 0 Å². The largest absolute Gasteiger partial charge is 0.290 e. The third kappa shape index (κ3) is 1.89. The van der Waals surface area contributed by atoms with Gasteiger partial charge in [0.25, 0.3) is 0 Å². The van der Waals surface area contributed by atoms with Crippen molar-refractivity contribution in [1.29, 1.82) is 0 Å². The summed E-state index contributed by atoms with van der Waals surface area (Å²) in [7, 11) is -3.58. The molecule has 0 bridgehead atoms. The molecule has 1 aromatic heterocycles. The number of hydrogen-bond acceptors (Lipinski definition) is 3. The molecule has 4 nitrogen and oxygen atoms in total. The lowest BCUT2D eigenvalue weighted by Gasteiger charge is -2.21. The molecule has 0 atom stereocenters. The van der Waals surface area contributed by atoms with E-state index in [4.69, 9.17) is 4.98 Å². The molecule has 0 unspecified atom stereocenters. The van der Waals surface area contributed by atoms with Crippen LogP contribution in [0.25, 0.3) is 38.9 Å². The maximum absolute atomic E-state index is 13.2. The molecule has 0 saturated carbocycles. The Kier molecular flexibility index (Phi) is 2.95. The minimum Gasteiger partial charge on any atom is -0.290 e. The molecule has 4 aromatic carbocycles. The van der Waals surface area contributed by atoms with Crippen molar-refractivity contribution in [1.82, 2.24) is 9.55 Å².